The third-order valence-corrected chi connectivity index (χ3v) is 6.38. The number of nitrogens with one attached hydrogen (secondary N) is 1. The van der Waals surface area contributed by atoms with Crippen LogP contribution in [0.5, 0.6) is 0 Å². The first-order valence-corrected chi connectivity index (χ1v) is 11.1. The third kappa shape index (κ3) is 3.84. The number of hydrogen-bond acceptors (Lipinski definition) is 6. The molecule has 2 aromatic heterocycles. The van der Waals surface area contributed by atoms with Gasteiger partial charge in [-0.2, -0.15) is 0 Å². The van der Waals surface area contributed by atoms with E-state index in [4.69, 9.17) is 0 Å². The topological polar surface area (TPSA) is 72.7 Å². The van der Waals surface area contributed by atoms with Crippen LogP contribution in [0.3, 0.4) is 0 Å². The van der Waals surface area contributed by atoms with Crippen molar-refractivity contribution in [2.45, 2.75) is 24.5 Å². The molecule has 0 amide bonds. The molecule has 6 nitrogen and oxygen atoms in total. The van der Waals surface area contributed by atoms with Crippen molar-refractivity contribution in [1.82, 2.24) is 19.7 Å². The Morgan fingerprint density at radius 1 is 1.06 bits per heavy atom. The molecular formula is C24H21N5OS. The molecule has 0 fully saturated rings. The molecule has 3 heterocycles. The summed E-state index contributed by atoms with van der Waals surface area (Å²) in [6.07, 6.45) is 4.21. The zero-order chi connectivity index (χ0) is 21.2. The van der Waals surface area contributed by atoms with Crippen LogP contribution in [-0.2, 0) is 11.2 Å². The van der Waals surface area contributed by atoms with Gasteiger partial charge in [0.05, 0.1) is 17.5 Å². The quantitative estimate of drug-likeness (QED) is 0.462. The first-order chi connectivity index (χ1) is 15.2. The van der Waals surface area contributed by atoms with Gasteiger partial charge in [0, 0.05) is 30.1 Å². The molecule has 0 aliphatic carbocycles. The predicted molar refractivity (Wildman–Crippen MR) is 123 cm³/mol. The number of carbonyl (C=O) groups is 1. The fourth-order valence-corrected chi connectivity index (χ4v) is 4.70. The number of thioether (sulfide) groups is 1. The number of para-hydroxylation sites is 2. The van der Waals surface area contributed by atoms with Crippen molar-refractivity contribution in [3.05, 3.63) is 84.2 Å². The Bertz CT molecular complexity index is 1210. The molecule has 4 aromatic rings. The lowest BCUT2D eigenvalue weighted by Gasteiger charge is -2.13. The molecule has 1 atom stereocenters. The SMILES string of the molecule is Cc1ccccc1-n1c(SCC(=O)C2Cc3ccccc3N2)nnc1-c1ccncc1. The summed E-state index contributed by atoms with van der Waals surface area (Å²) < 4.78 is 2.03. The highest BCUT2D eigenvalue weighted by atomic mass is 32.2. The first kappa shape index (κ1) is 19.5. The van der Waals surface area contributed by atoms with Gasteiger partial charge in [0.15, 0.2) is 16.8 Å². The molecule has 0 bridgehead atoms. The summed E-state index contributed by atoms with van der Waals surface area (Å²) >= 11 is 1.42. The van der Waals surface area contributed by atoms with Crippen molar-refractivity contribution >= 4 is 23.2 Å². The second-order valence-electron chi connectivity index (χ2n) is 7.48. The highest BCUT2D eigenvalue weighted by Gasteiger charge is 2.27. The van der Waals surface area contributed by atoms with Crippen LogP contribution in [0.1, 0.15) is 11.1 Å². The minimum atomic E-state index is -0.195. The summed E-state index contributed by atoms with van der Waals surface area (Å²) in [5.74, 6) is 1.22. The van der Waals surface area contributed by atoms with Gasteiger partial charge >= 0.3 is 0 Å². The van der Waals surface area contributed by atoms with E-state index in [9.17, 15) is 4.79 Å². The fourth-order valence-electron chi connectivity index (χ4n) is 3.81. The van der Waals surface area contributed by atoms with Crippen molar-refractivity contribution in [2.75, 3.05) is 11.1 Å². The number of pyridine rings is 1. The number of anilines is 1. The van der Waals surface area contributed by atoms with Crippen molar-refractivity contribution in [2.24, 2.45) is 0 Å². The summed E-state index contributed by atoms with van der Waals surface area (Å²) in [5, 5.41) is 12.9. The molecule has 31 heavy (non-hydrogen) atoms. The van der Waals surface area contributed by atoms with E-state index >= 15 is 0 Å². The number of benzene rings is 2. The molecule has 1 aliphatic rings. The second-order valence-corrected chi connectivity index (χ2v) is 8.42. The average Bonchev–Trinajstić information content (AvgIpc) is 3.43. The molecule has 1 N–H and O–H groups in total. The monoisotopic (exact) mass is 427 g/mol. The van der Waals surface area contributed by atoms with Crippen LogP contribution in [-0.4, -0.2) is 37.3 Å². The largest absolute Gasteiger partial charge is 0.375 e. The highest BCUT2D eigenvalue weighted by Crippen LogP contribution is 2.31. The van der Waals surface area contributed by atoms with E-state index in [2.05, 4.69) is 39.6 Å². The van der Waals surface area contributed by atoms with Crippen molar-refractivity contribution in [3.8, 4) is 17.1 Å². The Kier molecular flexibility index (Phi) is 5.26. The summed E-state index contributed by atoms with van der Waals surface area (Å²) in [6, 6.07) is 19.8. The third-order valence-electron chi connectivity index (χ3n) is 5.43. The van der Waals surface area contributed by atoms with Crippen LogP contribution in [0.2, 0.25) is 0 Å². The van der Waals surface area contributed by atoms with E-state index in [0.29, 0.717) is 10.9 Å². The number of fused-ring (bicyclic) bond motifs is 1. The van der Waals surface area contributed by atoms with Crippen LogP contribution in [0, 0.1) is 6.92 Å². The van der Waals surface area contributed by atoms with E-state index in [1.165, 1.54) is 17.3 Å². The Morgan fingerprint density at radius 2 is 1.84 bits per heavy atom. The van der Waals surface area contributed by atoms with Crippen molar-refractivity contribution in [1.29, 1.82) is 0 Å². The van der Waals surface area contributed by atoms with Gasteiger partial charge < -0.3 is 5.32 Å². The van der Waals surface area contributed by atoms with E-state index in [0.717, 1.165) is 34.7 Å². The van der Waals surface area contributed by atoms with Crippen LogP contribution >= 0.6 is 11.8 Å². The number of ketones is 1. The molecule has 0 radical (unpaired) electrons. The van der Waals surface area contributed by atoms with E-state index in [1.807, 2.05) is 53.1 Å². The molecule has 7 heteroatoms. The fraction of sp³-hybridized carbons (Fsp3) is 0.167. The highest BCUT2D eigenvalue weighted by molar-refractivity contribution is 7.99. The Morgan fingerprint density at radius 3 is 2.65 bits per heavy atom. The zero-order valence-corrected chi connectivity index (χ0v) is 17.8. The standard InChI is InChI=1S/C24H21N5OS/c1-16-6-2-5-9-21(16)29-23(17-10-12-25-13-11-17)27-28-24(29)31-15-22(30)20-14-18-7-3-4-8-19(18)26-20/h2-13,20,26H,14-15H2,1H3. The van der Waals surface area contributed by atoms with E-state index < -0.39 is 0 Å². The summed E-state index contributed by atoms with van der Waals surface area (Å²) in [6.45, 7) is 2.06. The molecule has 0 spiro atoms. The lowest BCUT2D eigenvalue weighted by molar-refractivity contribution is -0.117. The predicted octanol–water partition coefficient (Wildman–Crippen LogP) is 4.34. The summed E-state index contributed by atoms with van der Waals surface area (Å²) in [5.41, 5.74) is 5.28. The van der Waals surface area contributed by atoms with Crippen LogP contribution in [0.25, 0.3) is 17.1 Å². The van der Waals surface area contributed by atoms with E-state index in [1.54, 1.807) is 12.4 Å². The van der Waals surface area contributed by atoms with Crippen LogP contribution in [0.15, 0.2) is 78.2 Å². The number of aromatic nitrogens is 4. The van der Waals surface area contributed by atoms with Crippen molar-refractivity contribution < 1.29 is 4.79 Å². The lowest BCUT2D eigenvalue weighted by Crippen LogP contribution is -2.28. The Labute approximate surface area is 184 Å². The second kappa shape index (κ2) is 8.35. The number of carbonyl (C=O) groups excluding carboxylic acids is 1. The van der Waals surface area contributed by atoms with Gasteiger partial charge in [-0.1, -0.05) is 48.2 Å². The number of rotatable bonds is 6. The molecule has 154 valence electrons. The molecule has 1 aliphatic heterocycles. The van der Waals surface area contributed by atoms with Gasteiger partial charge in [0.1, 0.15) is 0 Å². The van der Waals surface area contributed by atoms with E-state index in [-0.39, 0.29) is 11.8 Å². The van der Waals surface area contributed by atoms with Gasteiger partial charge in [-0.25, -0.2) is 0 Å². The normalized spacial score (nSPS) is 14.8. The minimum absolute atomic E-state index is 0.158. The molecule has 5 rings (SSSR count). The average molecular weight is 428 g/mol. The van der Waals surface area contributed by atoms with Gasteiger partial charge in [-0.05, 0) is 42.3 Å². The van der Waals surface area contributed by atoms with Gasteiger partial charge in [0.2, 0.25) is 0 Å². The molecule has 0 saturated carbocycles. The van der Waals surface area contributed by atoms with Crippen molar-refractivity contribution in [3.63, 3.8) is 0 Å². The van der Waals surface area contributed by atoms with Crippen LogP contribution in [0.4, 0.5) is 5.69 Å². The Hall–Kier alpha value is -3.45. The maximum absolute atomic E-state index is 12.9. The summed E-state index contributed by atoms with van der Waals surface area (Å²) in [4.78, 5) is 17.0. The smallest absolute Gasteiger partial charge is 0.196 e. The molecular weight excluding hydrogens is 406 g/mol. The Balaban J connectivity index is 1.41. The van der Waals surface area contributed by atoms with Gasteiger partial charge in [-0.15, -0.1) is 10.2 Å². The maximum Gasteiger partial charge on any atom is 0.196 e. The first-order valence-electron chi connectivity index (χ1n) is 10.1. The maximum atomic E-state index is 12.9. The lowest BCUT2D eigenvalue weighted by atomic mass is 10.1. The number of nitrogens with zero attached hydrogens (tertiary/aromatic N) is 4. The number of aryl methyl sites for hydroxylation is 1. The summed E-state index contributed by atoms with van der Waals surface area (Å²) in [7, 11) is 0. The molecule has 0 saturated heterocycles. The molecule has 1 unspecified atom stereocenters. The van der Waals surface area contributed by atoms with Crippen LogP contribution < -0.4 is 5.32 Å². The number of hydrogen-bond donors (Lipinski definition) is 1. The van der Waals surface area contributed by atoms with Gasteiger partial charge in [-0.3, -0.25) is 14.3 Å². The molecule has 2 aromatic carbocycles. The number of Topliss-reactive ketones (excluding diaryl/α,β-unsaturated/α-hetero) is 1. The minimum Gasteiger partial charge on any atom is -0.375 e. The van der Waals surface area contributed by atoms with Gasteiger partial charge in [0.25, 0.3) is 0 Å². The zero-order valence-electron chi connectivity index (χ0n) is 17.0.